The number of nitrogens with one attached hydrogen (secondary N) is 1. The Bertz CT molecular complexity index is 403. The van der Waals surface area contributed by atoms with Gasteiger partial charge in [-0.3, -0.25) is 0 Å². The van der Waals surface area contributed by atoms with Gasteiger partial charge in [-0.1, -0.05) is 19.9 Å². The van der Waals surface area contributed by atoms with Crippen LogP contribution in [0.5, 0.6) is 5.75 Å². The fraction of sp³-hybridized carbons (Fsp3) is 0.600. The molecule has 3 nitrogen and oxygen atoms in total. The first-order valence-corrected chi connectivity index (χ1v) is 6.82. The highest BCUT2D eigenvalue weighted by atomic mass is 16.5. The first kappa shape index (κ1) is 13.2. The molecule has 2 unspecified atom stereocenters. The summed E-state index contributed by atoms with van der Waals surface area (Å²) in [6.45, 7) is 4.38. The van der Waals surface area contributed by atoms with Gasteiger partial charge in [0.05, 0.1) is 12.8 Å². The lowest BCUT2D eigenvalue weighted by Gasteiger charge is -2.21. The van der Waals surface area contributed by atoms with E-state index >= 15 is 0 Å². The zero-order chi connectivity index (χ0) is 13.1. The van der Waals surface area contributed by atoms with Gasteiger partial charge in [0.2, 0.25) is 0 Å². The van der Waals surface area contributed by atoms with Crippen molar-refractivity contribution in [2.45, 2.75) is 51.1 Å². The monoisotopic (exact) mass is 248 g/mol. The van der Waals surface area contributed by atoms with Gasteiger partial charge < -0.3 is 15.8 Å². The van der Waals surface area contributed by atoms with E-state index in [9.17, 15) is 0 Å². The molecule has 2 rings (SSSR count). The van der Waals surface area contributed by atoms with Crippen LogP contribution in [-0.4, -0.2) is 19.2 Å². The van der Waals surface area contributed by atoms with Crippen molar-refractivity contribution < 1.29 is 4.74 Å². The molecule has 0 bridgehead atoms. The van der Waals surface area contributed by atoms with Crippen LogP contribution in [0.15, 0.2) is 18.2 Å². The smallest absolute Gasteiger partial charge is 0.142 e. The number of methoxy groups -OCH3 is 1. The van der Waals surface area contributed by atoms with E-state index in [1.807, 2.05) is 0 Å². The predicted octanol–water partition coefficient (Wildman–Crippen LogP) is 3.11. The molecular weight excluding hydrogens is 224 g/mol. The van der Waals surface area contributed by atoms with Gasteiger partial charge in [0.25, 0.3) is 0 Å². The van der Waals surface area contributed by atoms with Gasteiger partial charge in [-0.05, 0) is 42.9 Å². The lowest BCUT2D eigenvalue weighted by molar-refractivity contribution is 0.415. The van der Waals surface area contributed by atoms with E-state index in [2.05, 4.69) is 37.4 Å². The van der Waals surface area contributed by atoms with E-state index in [0.717, 1.165) is 24.3 Å². The Hall–Kier alpha value is -1.22. The molecule has 3 heteroatoms. The van der Waals surface area contributed by atoms with Crippen LogP contribution >= 0.6 is 0 Å². The number of ether oxygens (including phenoxy) is 1. The number of rotatable bonds is 4. The molecule has 3 N–H and O–H groups in total. The van der Waals surface area contributed by atoms with Crippen LogP contribution in [0.25, 0.3) is 0 Å². The molecule has 1 aromatic rings. The fourth-order valence-electron chi connectivity index (χ4n) is 2.55. The van der Waals surface area contributed by atoms with Crippen molar-refractivity contribution in [1.29, 1.82) is 0 Å². The number of anilines is 1. The number of hydrogen-bond donors (Lipinski definition) is 2. The highest BCUT2D eigenvalue weighted by Crippen LogP contribution is 2.31. The van der Waals surface area contributed by atoms with Gasteiger partial charge in [-0.25, -0.2) is 0 Å². The number of hydrogen-bond acceptors (Lipinski definition) is 3. The Kier molecular flexibility index (Phi) is 4.12. The molecule has 0 saturated heterocycles. The summed E-state index contributed by atoms with van der Waals surface area (Å²) in [5.74, 6) is 1.43. The number of benzene rings is 1. The first-order valence-electron chi connectivity index (χ1n) is 6.82. The minimum Gasteiger partial charge on any atom is -0.495 e. The minimum absolute atomic E-state index is 0.263. The minimum atomic E-state index is 0.263. The highest BCUT2D eigenvalue weighted by Gasteiger charge is 2.24. The molecule has 18 heavy (non-hydrogen) atoms. The van der Waals surface area contributed by atoms with Gasteiger partial charge in [0.15, 0.2) is 0 Å². The van der Waals surface area contributed by atoms with Crippen LogP contribution in [0.4, 0.5) is 5.69 Å². The summed E-state index contributed by atoms with van der Waals surface area (Å²) in [5, 5.41) is 3.53. The second-order valence-electron chi connectivity index (χ2n) is 5.46. The summed E-state index contributed by atoms with van der Waals surface area (Å²) in [6, 6.07) is 7.03. The maximum Gasteiger partial charge on any atom is 0.142 e. The molecule has 0 amide bonds. The maximum absolute atomic E-state index is 6.09. The molecule has 1 fully saturated rings. The van der Waals surface area contributed by atoms with Gasteiger partial charge in [-0.15, -0.1) is 0 Å². The van der Waals surface area contributed by atoms with Crippen molar-refractivity contribution in [1.82, 2.24) is 0 Å². The maximum atomic E-state index is 6.09. The van der Waals surface area contributed by atoms with Crippen molar-refractivity contribution >= 4 is 5.69 Å². The van der Waals surface area contributed by atoms with Gasteiger partial charge in [0.1, 0.15) is 5.75 Å². The quantitative estimate of drug-likeness (QED) is 0.860. The van der Waals surface area contributed by atoms with Crippen LogP contribution in [-0.2, 0) is 0 Å². The van der Waals surface area contributed by atoms with Gasteiger partial charge in [-0.2, -0.15) is 0 Å². The molecule has 1 aliphatic carbocycles. The Morgan fingerprint density at radius 2 is 2.11 bits per heavy atom. The van der Waals surface area contributed by atoms with Crippen molar-refractivity contribution in [3.05, 3.63) is 23.8 Å². The van der Waals surface area contributed by atoms with Crippen LogP contribution in [0.3, 0.4) is 0 Å². The predicted molar refractivity (Wildman–Crippen MR) is 76.3 cm³/mol. The summed E-state index contributed by atoms with van der Waals surface area (Å²) in [4.78, 5) is 0. The normalized spacial score (nSPS) is 23.4. The molecule has 1 saturated carbocycles. The Morgan fingerprint density at radius 1 is 1.33 bits per heavy atom. The van der Waals surface area contributed by atoms with Crippen LogP contribution < -0.4 is 15.8 Å². The summed E-state index contributed by atoms with van der Waals surface area (Å²) in [5.41, 5.74) is 8.45. The SMILES string of the molecule is COc1cc(C(C)C)ccc1NC1CCCC1N. The molecule has 0 radical (unpaired) electrons. The van der Waals surface area contributed by atoms with E-state index in [1.165, 1.54) is 12.0 Å². The zero-order valence-corrected chi connectivity index (χ0v) is 11.6. The fourth-order valence-corrected chi connectivity index (χ4v) is 2.55. The Labute approximate surface area is 110 Å². The average Bonchev–Trinajstić information content (AvgIpc) is 2.75. The molecule has 0 aromatic heterocycles. The standard InChI is InChI=1S/C15H24N2O/c1-10(2)11-7-8-14(15(9-11)18-3)17-13-6-4-5-12(13)16/h7-10,12-13,17H,4-6,16H2,1-3H3. The number of nitrogens with two attached hydrogens (primary N) is 1. The summed E-state index contributed by atoms with van der Waals surface area (Å²) in [7, 11) is 1.72. The lowest BCUT2D eigenvalue weighted by atomic mass is 10.0. The molecule has 0 aliphatic heterocycles. The lowest BCUT2D eigenvalue weighted by Crippen LogP contribution is -2.35. The van der Waals surface area contributed by atoms with E-state index in [1.54, 1.807) is 7.11 Å². The largest absolute Gasteiger partial charge is 0.495 e. The van der Waals surface area contributed by atoms with Crippen molar-refractivity contribution in [3.8, 4) is 5.75 Å². The molecule has 1 aliphatic rings. The van der Waals surface area contributed by atoms with Crippen molar-refractivity contribution in [2.75, 3.05) is 12.4 Å². The van der Waals surface area contributed by atoms with E-state index in [-0.39, 0.29) is 6.04 Å². The molecule has 1 aromatic carbocycles. The third kappa shape index (κ3) is 2.78. The third-order valence-electron chi connectivity index (χ3n) is 3.80. The van der Waals surface area contributed by atoms with Crippen LogP contribution in [0.2, 0.25) is 0 Å². The van der Waals surface area contributed by atoms with Crippen molar-refractivity contribution in [2.24, 2.45) is 5.73 Å². The van der Waals surface area contributed by atoms with E-state index in [0.29, 0.717) is 12.0 Å². The summed E-state index contributed by atoms with van der Waals surface area (Å²) < 4.78 is 5.48. The molecule has 0 heterocycles. The summed E-state index contributed by atoms with van der Waals surface area (Å²) in [6.07, 6.45) is 3.48. The first-order chi connectivity index (χ1) is 8.61. The second-order valence-corrected chi connectivity index (χ2v) is 5.46. The van der Waals surface area contributed by atoms with Crippen LogP contribution in [0, 0.1) is 0 Å². The summed E-state index contributed by atoms with van der Waals surface area (Å²) >= 11 is 0. The molecular formula is C15H24N2O. The topological polar surface area (TPSA) is 47.3 Å². The Morgan fingerprint density at radius 3 is 2.67 bits per heavy atom. The van der Waals surface area contributed by atoms with E-state index in [4.69, 9.17) is 10.5 Å². The van der Waals surface area contributed by atoms with E-state index < -0.39 is 0 Å². The third-order valence-corrected chi connectivity index (χ3v) is 3.80. The van der Waals surface area contributed by atoms with Gasteiger partial charge >= 0.3 is 0 Å². The molecule has 2 atom stereocenters. The average molecular weight is 248 g/mol. The van der Waals surface area contributed by atoms with Gasteiger partial charge in [0, 0.05) is 12.1 Å². The molecule has 0 spiro atoms. The van der Waals surface area contributed by atoms with Crippen LogP contribution in [0.1, 0.15) is 44.6 Å². The molecule has 100 valence electrons. The second kappa shape index (κ2) is 5.61. The highest BCUT2D eigenvalue weighted by molar-refractivity contribution is 5.59. The Balaban J connectivity index is 2.17. The zero-order valence-electron chi connectivity index (χ0n) is 11.6. The van der Waals surface area contributed by atoms with Crippen molar-refractivity contribution in [3.63, 3.8) is 0 Å².